The number of hydrogen-bond acceptors (Lipinski definition) is 4. The number of carbonyl (C=O) groups excluding carboxylic acids is 1. The average molecular weight is 241 g/mol. The van der Waals surface area contributed by atoms with Gasteiger partial charge in [-0.2, -0.15) is 0 Å². The summed E-state index contributed by atoms with van der Waals surface area (Å²) in [5.41, 5.74) is 0. The Labute approximate surface area is 101 Å². The summed E-state index contributed by atoms with van der Waals surface area (Å²) in [4.78, 5) is 12.1. The van der Waals surface area contributed by atoms with E-state index in [1.165, 1.54) is 6.92 Å². The van der Waals surface area contributed by atoms with Crippen molar-refractivity contribution in [3.05, 3.63) is 22.4 Å². The van der Waals surface area contributed by atoms with Crippen LogP contribution in [0, 0.1) is 0 Å². The van der Waals surface area contributed by atoms with Gasteiger partial charge in [0.05, 0.1) is 0 Å². The first-order chi connectivity index (χ1) is 7.74. The Morgan fingerprint density at radius 1 is 1.62 bits per heavy atom. The molecule has 3 nitrogen and oxygen atoms in total. The lowest BCUT2D eigenvalue weighted by Crippen LogP contribution is -2.16. The summed E-state index contributed by atoms with van der Waals surface area (Å²) in [6.45, 7) is 5.50. The third-order valence-corrected chi connectivity index (χ3v) is 3.20. The van der Waals surface area contributed by atoms with Gasteiger partial charge in [0, 0.05) is 11.8 Å². The van der Waals surface area contributed by atoms with E-state index in [1.54, 1.807) is 11.3 Å². The number of thiophene rings is 1. The van der Waals surface area contributed by atoms with Gasteiger partial charge in [0.1, 0.15) is 6.10 Å². The van der Waals surface area contributed by atoms with Gasteiger partial charge in [0.25, 0.3) is 0 Å². The first kappa shape index (κ1) is 13.2. The normalized spacial score (nSPS) is 12.4. The van der Waals surface area contributed by atoms with Crippen LogP contribution in [0.15, 0.2) is 17.5 Å². The van der Waals surface area contributed by atoms with E-state index in [2.05, 4.69) is 12.2 Å². The van der Waals surface area contributed by atoms with Crippen LogP contribution in [-0.2, 0) is 9.53 Å². The maximum atomic E-state index is 11.0. The third kappa shape index (κ3) is 4.77. The fraction of sp³-hybridized carbons (Fsp3) is 0.583. The Balaban J connectivity index is 2.42. The number of esters is 1. The Bertz CT molecular complexity index is 298. The molecule has 1 aromatic rings. The summed E-state index contributed by atoms with van der Waals surface area (Å²) in [6.07, 6.45) is 1.83. The molecule has 0 aliphatic carbocycles. The van der Waals surface area contributed by atoms with Crippen LogP contribution >= 0.6 is 11.3 Å². The minimum atomic E-state index is -0.207. The molecule has 0 bridgehead atoms. The predicted molar refractivity (Wildman–Crippen MR) is 66.6 cm³/mol. The van der Waals surface area contributed by atoms with Gasteiger partial charge in [0.15, 0.2) is 0 Å². The quantitative estimate of drug-likeness (QED) is 0.589. The maximum Gasteiger partial charge on any atom is 0.303 e. The third-order valence-electron chi connectivity index (χ3n) is 2.24. The topological polar surface area (TPSA) is 38.3 Å². The molecule has 1 atom stereocenters. The SMILES string of the molecule is CCNCCC[C@H](OC(C)=O)c1cccs1. The van der Waals surface area contributed by atoms with Crippen LogP contribution in [0.25, 0.3) is 0 Å². The van der Waals surface area contributed by atoms with Crippen LogP contribution in [0.2, 0.25) is 0 Å². The molecular weight excluding hydrogens is 222 g/mol. The number of hydrogen-bond donors (Lipinski definition) is 1. The van der Waals surface area contributed by atoms with Crippen LogP contribution in [0.1, 0.15) is 37.7 Å². The summed E-state index contributed by atoms with van der Waals surface area (Å²) in [5, 5.41) is 5.28. The molecule has 4 heteroatoms. The van der Waals surface area contributed by atoms with E-state index in [4.69, 9.17) is 4.74 Å². The van der Waals surface area contributed by atoms with Gasteiger partial charge >= 0.3 is 5.97 Å². The fourth-order valence-electron chi connectivity index (χ4n) is 1.52. The van der Waals surface area contributed by atoms with E-state index < -0.39 is 0 Å². The standard InChI is InChI=1S/C12H19NO2S/c1-3-13-8-4-6-11(15-10(2)14)12-7-5-9-16-12/h5,7,9,11,13H,3-4,6,8H2,1-2H3/t11-/m0/s1. The minimum absolute atomic E-state index is 0.0730. The Hall–Kier alpha value is -0.870. The monoisotopic (exact) mass is 241 g/mol. The van der Waals surface area contributed by atoms with E-state index in [0.717, 1.165) is 30.8 Å². The Morgan fingerprint density at radius 3 is 3.00 bits per heavy atom. The van der Waals surface area contributed by atoms with Crippen molar-refractivity contribution in [1.29, 1.82) is 0 Å². The lowest BCUT2D eigenvalue weighted by molar-refractivity contribution is -0.146. The lowest BCUT2D eigenvalue weighted by atomic mass is 10.1. The largest absolute Gasteiger partial charge is 0.457 e. The molecule has 1 N–H and O–H groups in total. The number of nitrogens with one attached hydrogen (secondary N) is 1. The van der Waals surface area contributed by atoms with Gasteiger partial charge in [-0.1, -0.05) is 13.0 Å². The van der Waals surface area contributed by atoms with E-state index >= 15 is 0 Å². The highest BCUT2D eigenvalue weighted by molar-refractivity contribution is 7.10. The van der Waals surface area contributed by atoms with E-state index in [1.807, 2.05) is 17.5 Å². The molecule has 1 heterocycles. The summed E-state index contributed by atoms with van der Waals surface area (Å²) >= 11 is 1.64. The fourth-order valence-corrected chi connectivity index (χ4v) is 2.31. The van der Waals surface area contributed by atoms with Crippen molar-refractivity contribution < 1.29 is 9.53 Å². The molecule has 0 unspecified atom stereocenters. The van der Waals surface area contributed by atoms with Crippen molar-refractivity contribution in [1.82, 2.24) is 5.32 Å². The maximum absolute atomic E-state index is 11.0. The molecule has 1 rings (SSSR count). The zero-order chi connectivity index (χ0) is 11.8. The van der Waals surface area contributed by atoms with Crippen molar-refractivity contribution in [3.63, 3.8) is 0 Å². The Morgan fingerprint density at radius 2 is 2.44 bits per heavy atom. The van der Waals surface area contributed by atoms with Gasteiger partial charge in [-0.05, 0) is 37.4 Å². The van der Waals surface area contributed by atoms with Gasteiger partial charge in [0.2, 0.25) is 0 Å². The highest BCUT2D eigenvalue weighted by Gasteiger charge is 2.14. The number of rotatable bonds is 7. The first-order valence-electron chi connectivity index (χ1n) is 5.65. The zero-order valence-electron chi connectivity index (χ0n) is 9.86. The summed E-state index contributed by atoms with van der Waals surface area (Å²) in [6, 6.07) is 4.01. The Kier molecular flexibility index (Phi) is 6.11. The smallest absolute Gasteiger partial charge is 0.303 e. The number of carbonyl (C=O) groups is 1. The van der Waals surface area contributed by atoms with Crippen molar-refractivity contribution in [2.24, 2.45) is 0 Å². The molecule has 90 valence electrons. The van der Waals surface area contributed by atoms with Crippen molar-refractivity contribution in [2.45, 2.75) is 32.8 Å². The van der Waals surface area contributed by atoms with Crippen molar-refractivity contribution in [2.75, 3.05) is 13.1 Å². The predicted octanol–water partition coefficient (Wildman–Crippen LogP) is 2.74. The molecule has 0 radical (unpaired) electrons. The molecular formula is C12H19NO2S. The van der Waals surface area contributed by atoms with Crippen LogP contribution < -0.4 is 5.32 Å². The van der Waals surface area contributed by atoms with Crippen LogP contribution in [-0.4, -0.2) is 19.1 Å². The molecule has 0 aliphatic heterocycles. The molecule has 0 saturated heterocycles. The molecule has 16 heavy (non-hydrogen) atoms. The molecule has 0 amide bonds. The molecule has 0 aromatic carbocycles. The van der Waals surface area contributed by atoms with Gasteiger partial charge in [-0.25, -0.2) is 0 Å². The molecule has 0 saturated carbocycles. The van der Waals surface area contributed by atoms with Gasteiger partial charge in [-0.3, -0.25) is 4.79 Å². The minimum Gasteiger partial charge on any atom is -0.457 e. The summed E-state index contributed by atoms with van der Waals surface area (Å²) < 4.78 is 5.32. The van der Waals surface area contributed by atoms with E-state index in [0.29, 0.717) is 0 Å². The summed E-state index contributed by atoms with van der Waals surface area (Å²) in [7, 11) is 0. The highest BCUT2D eigenvalue weighted by atomic mass is 32.1. The van der Waals surface area contributed by atoms with Crippen LogP contribution in [0.3, 0.4) is 0 Å². The van der Waals surface area contributed by atoms with Gasteiger partial charge < -0.3 is 10.1 Å². The molecule has 0 spiro atoms. The second kappa shape index (κ2) is 7.41. The first-order valence-corrected chi connectivity index (χ1v) is 6.53. The van der Waals surface area contributed by atoms with Crippen molar-refractivity contribution >= 4 is 17.3 Å². The van der Waals surface area contributed by atoms with E-state index in [-0.39, 0.29) is 12.1 Å². The second-order valence-electron chi connectivity index (χ2n) is 3.61. The van der Waals surface area contributed by atoms with Crippen LogP contribution in [0.5, 0.6) is 0 Å². The molecule has 0 aliphatic rings. The van der Waals surface area contributed by atoms with E-state index in [9.17, 15) is 4.79 Å². The molecule has 0 fully saturated rings. The van der Waals surface area contributed by atoms with Crippen molar-refractivity contribution in [3.8, 4) is 0 Å². The number of ether oxygens (including phenoxy) is 1. The van der Waals surface area contributed by atoms with Gasteiger partial charge in [-0.15, -0.1) is 11.3 Å². The molecule has 1 aromatic heterocycles. The highest BCUT2D eigenvalue weighted by Crippen LogP contribution is 2.26. The average Bonchev–Trinajstić information content (AvgIpc) is 2.75. The second-order valence-corrected chi connectivity index (χ2v) is 4.59. The van der Waals surface area contributed by atoms with Crippen LogP contribution in [0.4, 0.5) is 0 Å². The summed E-state index contributed by atoms with van der Waals surface area (Å²) in [5.74, 6) is -0.207. The lowest BCUT2D eigenvalue weighted by Gasteiger charge is -2.15. The zero-order valence-corrected chi connectivity index (χ0v) is 10.7.